The van der Waals surface area contributed by atoms with Crippen LogP contribution in [0.5, 0.6) is 0 Å². The van der Waals surface area contributed by atoms with Crippen LogP contribution in [-0.4, -0.2) is 36.7 Å². The van der Waals surface area contributed by atoms with Crippen LogP contribution in [0, 0.1) is 12.8 Å². The zero-order valence-electron chi connectivity index (χ0n) is 17.2. The fourth-order valence-electron chi connectivity index (χ4n) is 3.38. The van der Waals surface area contributed by atoms with Crippen LogP contribution < -0.4 is 5.73 Å². The molecule has 0 radical (unpaired) electrons. The molecule has 2 heterocycles. The number of nitrogens with zero attached hydrogens (tertiary/aromatic N) is 3. The molecule has 1 aromatic carbocycles. The predicted molar refractivity (Wildman–Crippen MR) is 115 cm³/mol. The first-order valence-electron chi connectivity index (χ1n) is 9.76. The van der Waals surface area contributed by atoms with Gasteiger partial charge in [-0.15, -0.1) is 10.2 Å². The lowest BCUT2D eigenvalue weighted by Gasteiger charge is -2.14. The second kappa shape index (κ2) is 8.82. The minimum Gasteiger partial charge on any atom is -0.370 e. The normalized spacial score (nSPS) is 12.6. The van der Waals surface area contributed by atoms with Gasteiger partial charge in [-0.25, -0.2) is 0 Å². The Morgan fingerprint density at radius 3 is 2.62 bits per heavy atom. The van der Waals surface area contributed by atoms with E-state index >= 15 is 0 Å². The second-order valence-electron chi connectivity index (χ2n) is 7.66. The molecular weight excluding hydrogens is 386 g/mol. The number of aryl methyl sites for hydroxylation is 2. The summed E-state index contributed by atoms with van der Waals surface area (Å²) in [6, 6.07) is 7.83. The van der Waals surface area contributed by atoms with Crippen molar-refractivity contribution >= 4 is 34.4 Å². The number of para-hydroxylation sites is 1. The van der Waals surface area contributed by atoms with Gasteiger partial charge < -0.3 is 15.3 Å². The molecule has 2 aromatic heterocycles. The van der Waals surface area contributed by atoms with Crippen molar-refractivity contribution < 1.29 is 9.59 Å². The Bertz CT molecular complexity index is 1040. The highest BCUT2D eigenvalue weighted by Crippen LogP contribution is 2.30. The number of carbonyl (C=O) groups excluding carboxylic acids is 2. The van der Waals surface area contributed by atoms with Gasteiger partial charge in [-0.05, 0) is 25.8 Å². The highest BCUT2D eigenvalue weighted by molar-refractivity contribution is 8.00. The summed E-state index contributed by atoms with van der Waals surface area (Å²) in [5.74, 6) is 0.793. The molecule has 0 saturated carbocycles. The third-order valence-corrected chi connectivity index (χ3v) is 5.81. The summed E-state index contributed by atoms with van der Waals surface area (Å²) in [5.41, 5.74) is 7.84. The number of primary amides is 1. The molecule has 1 amide bonds. The van der Waals surface area contributed by atoms with E-state index in [9.17, 15) is 9.59 Å². The summed E-state index contributed by atoms with van der Waals surface area (Å²) in [7, 11) is 0. The van der Waals surface area contributed by atoms with Gasteiger partial charge in [-0.1, -0.05) is 43.8 Å². The highest BCUT2D eigenvalue weighted by Gasteiger charge is 2.25. The molecule has 3 aromatic rings. The fourth-order valence-corrected chi connectivity index (χ4v) is 4.32. The van der Waals surface area contributed by atoms with Crippen LogP contribution in [0.3, 0.4) is 0 Å². The Balaban J connectivity index is 1.85. The van der Waals surface area contributed by atoms with Crippen LogP contribution >= 0.6 is 11.8 Å². The maximum atomic E-state index is 13.2. The first-order chi connectivity index (χ1) is 13.8. The molecule has 0 fully saturated rings. The molecule has 1 atom stereocenters. The predicted octanol–water partition coefficient (Wildman–Crippen LogP) is 3.51. The molecule has 0 aliphatic rings. The van der Waals surface area contributed by atoms with Gasteiger partial charge in [-0.2, -0.15) is 0 Å². The van der Waals surface area contributed by atoms with Crippen molar-refractivity contribution in [3.8, 4) is 0 Å². The first-order valence-corrected chi connectivity index (χ1v) is 10.6. The standard InChI is InChI=1S/C21H27N5O2S/c1-12(2)11-26-18(10-9-17(22)27)24-25-21(26)29-14(4)20(28)19-13(3)23-16-8-6-5-7-15(16)19/h5-8,12,14,23H,9-11H2,1-4H3,(H2,22,27)/t14-/m0/s1. The molecule has 0 unspecified atom stereocenters. The molecule has 0 saturated heterocycles. The molecule has 7 nitrogen and oxygen atoms in total. The number of hydrogen-bond acceptors (Lipinski definition) is 5. The van der Waals surface area contributed by atoms with E-state index in [1.807, 2.05) is 42.7 Å². The van der Waals surface area contributed by atoms with Crippen LogP contribution in [0.25, 0.3) is 10.9 Å². The zero-order chi connectivity index (χ0) is 21.1. The Hall–Kier alpha value is -2.61. The molecule has 0 spiro atoms. The van der Waals surface area contributed by atoms with Crippen LogP contribution in [0.2, 0.25) is 0 Å². The van der Waals surface area contributed by atoms with E-state index in [1.165, 1.54) is 11.8 Å². The number of aromatic amines is 1. The number of thioether (sulfide) groups is 1. The molecule has 29 heavy (non-hydrogen) atoms. The highest BCUT2D eigenvalue weighted by atomic mass is 32.2. The second-order valence-corrected chi connectivity index (χ2v) is 8.97. The van der Waals surface area contributed by atoms with Crippen molar-refractivity contribution in [3.05, 3.63) is 41.3 Å². The number of benzene rings is 1. The van der Waals surface area contributed by atoms with Crippen molar-refractivity contribution in [1.29, 1.82) is 0 Å². The summed E-state index contributed by atoms with van der Waals surface area (Å²) >= 11 is 1.40. The van der Waals surface area contributed by atoms with E-state index in [-0.39, 0.29) is 23.4 Å². The molecule has 0 aliphatic heterocycles. The summed E-state index contributed by atoms with van der Waals surface area (Å²) in [6.07, 6.45) is 0.670. The van der Waals surface area contributed by atoms with Crippen molar-refractivity contribution in [2.75, 3.05) is 0 Å². The smallest absolute Gasteiger partial charge is 0.217 e. The van der Waals surface area contributed by atoms with Crippen molar-refractivity contribution in [2.24, 2.45) is 11.7 Å². The molecule has 0 aliphatic carbocycles. The van der Waals surface area contributed by atoms with Crippen LogP contribution in [0.15, 0.2) is 29.4 Å². The topological polar surface area (TPSA) is 107 Å². The van der Waals surface area contributed by atoms with Crippen molar-refractivity contribution in [3.63, 3.8) is 0 Å². The van der Waals surface area contributed by atoms with Gasteiger partial charge in [0.1, 0.15) is 5.82 Å². The van der Waals surface area contributed by atoms with Gasteiger partial charge in [0, 0.05) is 41.5 Å². The van der Waals surface area contributed by atoms with Gasteiger partial charge in [0.25, 0.3) is 0 Å². The lowest BCUT2D eigenvalue weighted by molar-refractivity contribution is -0.118. The summed E-state index contributed by atoms with van der Waals surface area (Å²) in [5, 5.41) is 9.85. The average Bonchev–Trinajstić information content (AvgIpc) is 3.18. The maximum absolute atomic E-state index is 13.2. The van der Waals surface area contributed by atoms with Crippen molar-refractivity contribution in [1.82, 2.24) is 19.7 Å². The monoisotopic (exact) mass is 413 g/mol. The van der Waals surface area contributed by atoms with Crippen molar-refractivity contribution in [2.45, 2.75) is 57.5 Å². The Morgan fingerprint density at radius 2 is 1.93 bits per heavy atom. The number of fused-ring (bicyclic) bond motifs is 1. The SMILES string of the molecule is Cc1[nH]c2ccccc2c1C(=O)[C@H](C)Sc1nnc(CCC(N)=O)n1CC(C)C. The molecule has 154 valence electrons. The van der Waals surface area contributed by atoms with Gasteiger partial charge in [-0.3, -0.25) is 9.59 Å². The number of ketones is 1. The Labute approximate surface area is 174 Å². The number of amides is 1. The van der Waals surface area contributed by atoms with Gasteiger partial charge in [0.15, 0.2) is 10.9 Å². The summed E-state index contributed by atoms with van der Waals surface area (Å²) in [6.45, 7) is 8.75. The van der Waals surface area contributed by atoms with E-state index < -0.39 is 0 Å². The minimum atomic E-state index is -0.364. The number of carbonyl (C=O) groups is 2. The van der Waals surface area contributed by atoms with Crippen LogP contribution in [0.1, 0.15) is 49.1 Å². The number of aromatic nitrogens is 4. The third-order valence-electron chi connectivity index (χ3n) is 4.73. The number of nitrogens with one attached hydrogen (secondary N) is 1. The van der Waals surface area contributed by atoms with Gasteiger partial charge in [0.2, 0.25) is 5.91 Å². The lowest BCUT2D eigenvalue weighted by atomic mass is 10.1. The fraction of sp³-hybridized carbons (Fsp3) is 0.429. The van der Waals surface area contributed by atoms with Gasteiger partial charge >= 0.3 is 0 Å². The van der Waals surface area contributed by atoms with Crippen LogP contribution in [-0.2, 0) is 17.8 Å². The Morgan fingerprint density at radius 1 is 1.21 bits per heavy atom. The summed E-state index contributed by atoms with van der Waals surface area (Å²) < 4.78 is 2.00. The third kappa shape index (κ3) is 4.70. The first kappa shape index (κ1) is 21.1. The average molecular weight is 414 g/mol. The molecular formula is C21H27N5O2S. The number of hydrogen-bond donors (Lipinski definition) is 2. The van der Waals surface area contributed by atoms with Gasteiger partial charge in [0.05, 0.1) is 5.25 Å². The number of nitrogens with two attached hydrogens (primary N) is 1. The quantitative estimate of drug-likeness (QED) is 0.412. The molecule has 0 bridgehead atoms. The Kier molecular flexibility index (Phi) is 6.42. The number of Topliss-reactive ketones (excluding diaryl/α,β-unsaturated/α-hetero) is 1. The summed E-state index contributed by atoms with van der Waals surface area (Å²) in [4.78, 5) is 27.7. The zero-order valence-corrected chi connectivity index (χ0v) is 18.0. The number of H-pyrrole nitrogens is 1. The van der Waals surface area contributed by atoms with E-state index in [1.54, 1.807) is 0 Å². The van der Waals surface area contributed by atoms with E-state index in [2.05, 4.69) is 29.0 Å². The molecule has 8 heteroatoms. The minimum absolute atomic E-state index is 0.0581. The van der Waals surface area contributed by atoms with Crippen LogP contribution in [0.4, 0.5) is 0 Å². The lowest BCUT2D eigenvalue weighted by Crippen LogP contribution is -2.17. The maximum Gasteiger partial charge on any atom is 0.217 e. The van der Waals surface area contributed by atoms with E-state index in [4.69, 9.17) is 5.73 Å². The largest absolute Gasteiger partial charge is 0.370 e. The number of rotatable bonds is 9. The molecule has 3 rings (SSSR count). The molecule has 3 N–H and O–H groups in total. The van der Waals surface area contributed by atoms with E-state index in [0.29, 0.717) is 17.5 Å². The van der Waals surface area contributed by atoms with E-state index in [0.717, 1.165) is 34.5 Å².